The van der Waals surface area contributed by atoms with Crippen molar-refractivity contribution in [2.24, 2.45) is 5.92 Å². The maximum atomic E-state index is 13.8. The summed E-state index contributed by atoms with van der Waals surface area (Å²) >= 11 is 0. The van der Waals surface area contributed by atoms with E-state index >= 15 is 0 Å². The molecule has 1 atom stereocenters. The predicted molar refractivity (Wildman–Crippen MR) is 65.9 cm³/mol. The first-order chi connectivity index (χ1) is 8.63. The van der Waals surface area contributed by atoms with E-state index in [1.807, 2.05) is 0 Å². The summed E-state index contributed by atoms with van der Waals surface area (Å²) in [5.41, 5.74) is 0.389. The van der Waals surface area contributed by atoms with E-state index in [1.165, 1.54) is 13.2 Å². The molecule has 4 nitrogen and oxygen atoms in total. The minimum atomic E-state index is -0.408. The van der Waals surface area contributed by atoms with Gasteiger partial charge in [0.15, 0.2) is 0 Å². The molecule has 5 heteroatoms. The van der Waals surface area contributed by atoms with Crippen molar-refractivity contribution < 1.29 is 13.9 Å². The molecule has 0 aliphatic carbocycles. The standard InChI is InChI=1S/C13H17FN2O2/c1-8(16-13(17)9-6-15-7-9)12-10(14)4-3-5-11(12)18-2/h3-5,8-9,15H,6-7H2,1-2H3,(H,16,17). The molecule has 0 radical (unpaired) electrons. The van der Waals surface area contributed by atoms with Crippen molar-refractivity contribution in [1.82, 2.24) is 10.6 Å². The Hall–Kier alpha value is -1.62. The fourth-order valence-corrected chi connectivity index (χ4v) is 1.99. The fourth-order valence-electron chi connectivity index (χ4n) is 1.99. The van der Waals surface area contributed by atoms with Crippen molar-refractivity contribution in [3.8, 4) is 5.75 Å². The second-order valence-corrected chi connectivity index (χ2v) is 4.44. The Morgan fingerprint density at radius 2 is 2.28 bits per heavy atom. The van der Waals surface area contributed by atoms with Crippen LogP contribution in [0.25, 0.3) is 0 Å². The zero-order valence-electron chi connectivity index (χ0n) is 10.5. The van der Waals surface area contributed by atoms with Crippen molar-refractivity contribution in [3.05, 3.63) is 29.6 Å². The monoisotopic (exact) mass is 252 g/mol. The van der Waals surface area contributed by atoms with E-state index in [-0.39, 0.29) is 17.6 Å². The van der Waals surface area contributed by atoms with Crippen LogP contribution in [-0.4, -0.2) is 26.1 Å². The lowest BCUT2D eigenvalue weighted by Gasteiger charge is -2.28. The highest BCUT2D eigenvalue weighted by molar-refractivity contribution is 5.80. The second kappa shape index (κ2) is 5.35. The number of carbonyl (C=O) groups excluding carboxylic acids is 1. The number of hydrogen-bond donors (Lipinski definition) is 2. The largest absolute Gasteiger partial charge is 0.496 e. The molecule has 1 aliphatic rings. The third-order valence-corrected chi connectivity index (χ3v) is 3.18. The van der Waals surface area contributed by atoms with Crippen LogP contribution in [0, 0.1) is 11.7 Å². The third kappa shape index (κ3) is 2.46. The summed E-state index contributed by atoms with van der Waals surface area (Å²) < 4.78 is 18.9. The zero-order chi connectivity index (χ0) is 13.1. The van der Waals surface area contributed by atoms with Gasteiger partial charge in [-0.15, -0.1) is 0 Å². The molecule has 1 unspecified atom stereocenters. The number of ether oxygens (including phenoxy) is 1. The summed E-state index contributed by atoms with van der Waals surface area (Å²) in [6.45, 7) is 3.13. The summed E-state index contributed by atoms with van der Waals surface area (Å²) in [6.07, 6.45) is 0. The Bertz CT molecular complexity index is 447. The molecule has 0 bridgehead atoms. The number of benzene rings is 1. The number of methoxy groups -OCH3 is 1. The molecule has 1 fully saturated rings. The molecule has 1 aliphatic heterocycles. The number of nitrogens with one attached hydrogen (secondary N) is 2. The van der Waals surface area contributed by atoms with Gasteiger partial charge in [0.1, 0.15) is 11.6 Å². The summed E-state index contributed by atoms with van der Waals surface area (Å²) in [4.78, 5) is 11.8. The van der Waals surface area contributed by atoms with Crippen LogP contribution in [-0.2, 0) is 4.79 Å². The molecule has 2 N–H and O–H groups in total. The number of carbonyl (C=O) groups is 1. The van der Waals surface area contributed by atoms with Crippen LogP contribution >= 0.6 is 0 Å². The SMILES string of the molecule is COc1cccc(F)c1C(C)NC(=O)C1CNC1. The summed E-state index contributed by atoms with van der Waals surface area (Å²) in [6, 6.07) is 4.23. The van der Waals surface area contributed by atoms with E-state index in [4.69, 9.17) is 4.74 Å². The number of rotatable bonds is 4. The van der Waals surface area contributed by atoms with Gasteiger partial charge in [-0.3, -0.25) is 4.79 Å². The highest BCUT2D eigenvalue weighted by Gasteiger charge is 2.27. The van der Waals surface area contributed by atoms with Crippen LogP contribution in [0.3, 0.4) is 0 Å². The van der Waals surface area contributed by atoms with Crippen LogP contribution in [0.15, 0.2) is 18.2 Å². The summed E-state index contributed by atoms with van der Waals surface area (Å²) in [7, 11) is 1.49. The van der Waals surface area contributed by atoms with Gasteiger partial charge in [-0.25, -0.2) is 4.39 Å². The minimum Gasteiger partial charge on any atom is -0.496 e. The van der Waals surface area contributed by atoms with Crippen molar-refractivity contribution in [3.63, 3.8) is 0 Å². The quantitative estimate of drug-likeness (QED) is 0.847. The number of halogens is 1. The van der Waals surface area contributed by atoms with E-state index in [9.17, 15) is 9.18 Å². The lowest BCUT2D eigenvalue weighted by molar-refractivity contribution is -0.127. The maximum absolute atomic E-state index is 13.8. The smallest absolute Gasteiger partial charge is 0.226 e. The van der Waals surface area contributed by atoms with Gasteiger partial charge >= 0.3 is 0 Å². The maximum Gasteiger partial charge on any atom is 0.226 e. The lowest BCUT2D eigenvalue weighted by Crippen LogP contribution is -2.51. The first kappa shape index (κ1) is 12.8. The average molecular weight is 252 g/mol. The molecule has 0 spiro atoms. The van der Waals surface area contributed by atoms with Crippen LogP contribution in [0.1, 0.15) is 18.5 Å². The summed E-state index contributed by atoms with van der Waals surface area (Å²) in [5, 5.41) is 5.84. The van der Waals surface area contributed by atoms with Gasteiger partial charge in [0.2, 0.25) is 5.91 Å². The van der Waals surface area contributed by atoms with Crippen LogP contribution in [0.5, 0.6) is 5.75 Å². The van der Waals surface area contributed by atoms with Gasteiger partial charge in [0.25, 0.3) is 0 Å². The van der Waals surface area contributed by atoms with Gasteiger partial charge in [0, 0.05) is 13.1 Å². The molecule has 1 amide bonds. The predicted octanol–water partition coefficient (Wildman–Crippen LogP) is 1.23. The lowest BCUT2D eigenvalue weighted by atomic mass is 10.0. The molecule has 1 heterocycles. The summed E-state index contributed by atoms with van der Waals surface area (Å²) in [5.74, 6) is 0.0280. The van der Waals surface area contributed by atoms with Gasteiger partial charge in [-0.05, 0) is 19.1 Å². The van der Waals surface area contributed by atoms with Gasteiger partial charge in [0.05, 0.1) is 24.6 Å². The number of amides is 1. The Balaban J connectivity index is 2.12. The first-order valence-corrected chi connectivity index (χ1v) is 5.97. The molecule has 2 rings (SSSR count). The third-order valence-electron chi connectivity index (χ3n) is 3.18. The van der Waals surface area contributed by atoms with Gasteiger partial charge in [-0.2, -0.15) is 0 Å². The Morgan fingerprint density at radius 1 is 1.56 bits per heavy atom. The van der Waals surface area contributed by atoms with Crippen molar-refractivity contribution >= 4 is 5.91 Å². The Labute approximate surface area is 106 Å². The number of hydrogen-bond acceptors (Lipinski definition) is 3. The molecule has 18 heavy (non-hydrogen) atoms. The van der Waals surface area contributed by atoms with E-state index in [0.717, 1.165) is 0 Å². The van der Waals surface area contributed by atoms with E-state index < -0.39 is 6.04 Å². The highest BCUT2D eigenvalue weighted by atomic mass is 19.1. The molecule has 1 saturated heterocycles. The average Bonchev–Trinajstić information content (AvgIpc) is 2.25. The molecular weight excluding hydrogens is 235 g/mol. The van der Waals surface area contributed by atoms with Gasteiger partial charge in [-0.1, -0.05) is 6.07 Å². The van der Waals surface area contributed by atoms with E-state index in [1.54, 1.807) is 19.1 Å². The zero-order valence-corrected chi connectivity index (χ0v) is 10.5. The molecule has 1 aromatic carbocycles. The van der Waals surface area contributed by atoms with E-state index in [2.05, 4.69) is 10.6 Å². The van der Waals surface area contributed by atoms with Crippen LogP contribution < -0.4 is 15.4 Å². The van der Waals surface area contributed by atoms with Crippen molar-refractivity contribution in [1.29, 1.82) is 0 Å². The Morgan fingerprint density at radius 3 is 2.83 bits per heavy atom. The minimum absolute atomic E-state index is 0.00906. The van der Waals surface area contributed by atoms with Crippen LogP contribution in [0.4, 0.5) is 4.39 Å². The van der Waals surface area contributed by atoms with Crippen molar-refractivity contribution in [2.45, 2.75) is 13.0 Å². The molecule has 0 aromatic heterocycles. The highest BCUT2D eigenvalue weighted by Crippen LogP contribution is 2.27. The molecular formula is C13H17FN2O2. The fraction of sp³-hybridized carbons (Fsp3) is 0.462. The normalized spacial score (nSPS) is 16.8. The van der Waals surface area contributed by atoms with Crippen LogP contribution in [0.2, 0.25) is 0 Å². The Kier molecular flexibility index (Phi) is 3.81. The topological polar surface area (TPSA) is 50.4 Å². The first-order valence-electron chi connectivity index (χ1n) is 5.97. The second-order valence-electron chi connectivity index (χ2n) is 4.44. The molecule has 0 saturated carbocycles. The van der Waals surface area contributed by atoms with E-state index in [0.29, 0.717) is 24.4 Å². The van der Waals surface area contributed by atoms with Crippen molar-refractivity contribution in [2.75, 3.05) is 20.2 Å². The molecule has 1 aromatic rings. The molecule has 98 valence electrons. The van der Waals surface area contributed by atoms with Gasteiger partial charge < -0.3 is 15.4 Å².